The minimum Gasteiger partial charge on any atom is -0.378 e. The number of nitrogens with one attached hydrogen (secondary N) is 1. The number of benzene rings is 1. The summed E-state index contributed by atoms with van der Waals surface area (Å²) in [7, 11) is 0. The summed E-state index contributed by atoms with van der Waals surface area (Å²) < 4.78 is 5.29. The molecule has 9 nitrogen and oxygen atoms in total. The van der Waals surface area contributed by atoms with Crippen LogP contribution in [0.4, 0.5) is 17.3 Å². The molecule has 1 fully saturated rings. The number of carbonyl (C=O) groups is 1. The van der Waals surface area contributed by atoms with Crippen molar-refractivity contribution in [3.8, 4) is 0 Å². The summed E-state index contributed by atoms with van der Waals surface area (Å²) in [6.45, 7) is 2.68. The van der Waals surface area contributed by atoms with Gasteiger partial charge in [-0.15, -0.1) is 0 Å². The molecule has 0 radical (unpaired) electrons. The molecule has 0 spiro atoms. The Morgan fingerprint density at radius 3 is 2.79 bits per heavy atom. The fourth-order valence-corrected chi connectivity index (χ4v) is 2.33. The van der Waals surface area contributed by atoms with Crippen molar-refractivity contribution >= 4 is 23.2 Å². The number of nitro groups is 1. The Labute approximate surface area is 137 Å². The number of non-ortho nitro benzene ring substituents is 1. The van der Waals surface area contributed by atoms with E-state index >= 15 is 0 Å². The molecule has 124 valence electrons. The van der Waals surface area contributed by atoms with Gasteiger partial charge in [0.05, 0.1) is 18.1 Å². The Bertz CT molecular complexity index is 761. The van der Waals surface area contributed by atoms with Gasteiger partial charge in [0, 0.05) is 36.9 Å². The maximum atomic E-state index is 12.2. The number of carbonyl (C=O) groups excluding carboxylic acids is 1. The first-order valence-electron chi connectivity index (χ1n) is 7.34. The number of ether oxygens (including phenoxy) is 1. The van der Waals surface area contributed by atoms with Crippen molar-refractivity contribution in [2.45, 2.75) is 0 Å². The van der Waals surface area contributed by atoms with Crippen LogP contribution in [0.1, 0.15) is 10.4 Å². The van der Waals surface area contributed by atoms with Gasteiger partial charge in [-0.2, -0.15) is 0 Å². The van der Waals surface area contributed by atoms with E-state index in [2.05, 4.69) is 15.3 Å². The Morgan fingerprint density at radius 2 is 2.04 bits per heavy atom. The van der Waals surface area contributed by atoms with E-state index in [0.29, 0.717) is 24.8 Å². The molecule has 3 rings (SSSR count). The topological polar surface area (TPSA) is 110 Å². The second-order valence-corrected chi connectivity index (χ2v) is 5.12. The van der Waals surface area contributed by atoms with Crippen LogP contribution in [0.3, 0.4) is 0 Å². The van der Waals surface area contributed by atoms with Crippen molar-refractivity contribution in [1.29, 1.82) is 0 Å². The molecular weight excluding hydrogens is 314 g/mol. The van der Waals surface area contributed by atoms with E-state index in [4.69, 9.17) is 4.74 Å². The number of hydrogen-bond donors (Lipinski definition) is 1. The maximum Gasteiger partial charge on any atom is 0.270 e. The number of rotatable bonds is 4. The second kappa shape index (κ2) is 7.01. The molecule has 2 aromatic rings. The summed E-state index contributed by atoms with van der Waals surface area (Å²) in [5, 5.41) is 13.4. The summed E-state index contributed by atoms with van der Waals surface area (Å²) in [4.78, 5) is 32.8. The highest BCUT2D eigenvalue weighted by Gasteiger charge is 2.15. The number of nitrogens with zero attached hydrogens (tertiary/aromatic N) is 4. The Kier molecular flexibility index (Phi) is 4.62. The number of anilines is 2. The lowest BCUT2D eigenvalue weighted by Crippen LogP contribution is -2.36. The van der Waals surface area contributed by atoms with Crippen LogP contribution in [0.5, 0.6) is 0 Å². The van der Waals surface area contributed by atoms with Crippen molar-refractivity contribution in [2.75, 3.05) is 36.5 Å². The fourth-order valence-electron chi connectivity index (χ4n) is 2.33. The molecule has 2 heterocycles. The quantitative estimate of drug-likeness (QED) is 0.668. The van der Waals surface area contributed by atoms with Crippen LogP contribution in [-0.4, -0.2) is 47.1 Å². The Balaban J connectivity index is 1.74. The van der Waals surface area contributed by atoms with Crippen molar-refractivity contribution < 1.29 is 14.5 Å². The molecular formula is C15H15N5O4. The Hall–Kier alpha value is -3.07. The van der Waals surface area contributed by atoms with E-state index < -0.39 is 10.8 Å². The van der Waals surface area contributed by atoms with Gasteiger partial charge in [0.25, 0.3) is 11.6 Å². The number of amides is 1. The van der Waals surface area contributed by atoms with Crippen LogP contribution in [0.15, 0.2) is 36.7 Å². The highest BCUT2D eigenvalue weighted by Crippen LogP contribution is 2.17. The van der Waals surface area contributed by atoms with Gasteiger partial charge in [0.1, 0.15) is 18.0 Å². The number of hydrogen-bond acceptors (Lipinski definition) is 7. The predicted molar refractivity (Wildman–Crippen MR) is 86.1 cm³/mol. The summed E-state index contributed by atoms with van der Waals surface area (Å²) in [6, 6.07) is 7.19. The molecule has 1 aromatic carbocycles. The normalized spacial score (nSPS) is 14.2. The highest BCUT2D eigenvalue weighted by molar-refractivity contribution is 6.04. The van der Waals surface area contributed by atoms with Gasteiger partial charge in [-0.3, -0.25) is 14.9 Å². The first-order valence-corrected chi connectivity index (χ1v) is 7.34. The average molecular weight is 329 g/mol. The van der Waals surface area contributed by atoms with E-state index in [1.54, 1.807) is 6.07 Å². The van der Waals surface area contributed by atoms with Crippen LogP contribution in [-0.2, 0) is 4.74 Å². The molecule has 0 unspecified atom stereocenters. The summed E-state index contributed by atoms with van der Waals surface area (Å²) in [5.41, 5.74) is 0.0510. The average Bonchev–Trinajstić information content (AvgIpc) is 2.63. The summed E-state index contributed by atoms with van der Waals surface area (Å²) in [5.74, 6) is 0.566. The summed E-state index contributed by atoms with van der Waals surface area (Å²) in [6.07, 6.45) is 1.37. The lowest BCUT2D eigenvalue weighted by molar-refractivity contribution is -0.384. The molecule has 1 aliphatic heterocycles. The number of nitro benzene ring substituents is 1. The minimum absolute atomic E-state index is 0.139. The van der Waals surface area contributed by atoms with E-state index in [0.717, 1.165) is 13.1 Å². The lowest BCUT2D eigenvalue weighted by atomic mass is 10.2. The summed E-state index contributed by atoms with van der Waals surface area (Å²) >= 11 is 0. The molecule has 1 saturated heterocycles. The highest BCUT2D eigenvalue weighted by atomic mass is 16.6. The molecule has 0 atom stereocenters. The van der Waals surface area contributed by atoms with Crippen molar-refractivity contribution in [2.24, 2.45) is 0 Å². The van der Waals surface area contributed by atoms with Gasteiger partial charge in [0.15, 0.2) is 0 Å². The third-order valence-electron chi connectivity index (χ3n) is 3.55. The van der Waals surface area contributed by atoms with E-state index in [1.807, 2.05) is 4.90 Å². The molecule has 0 bridgehead atoms. The zero-order chi connectivity index (χ0) is 16.9. The van der Waals surface area contributed by atoms with Crippen molar-refractivity contribution in [1.82, 2.24) is 9.97 Å². The molecule has 1 aromatic heterocycles. The molecule has 0 saturated carbocycles. The molecule has 0 aliphatic carbocycles. The maximum absolute atomic E-state index is 12.2. The van der Waals surface area contributed by atoms with Crippen LogP contribution < -0.4 is 10.2 Å². The third kappa shape index (κ3) is 3.63. The minimum atomic E-state index is -0.544. The zero-order valence-corrected chi connectivity index (χ0v) is 12.7. The molecule has 1 amide bonds. The van der Waals surface area contributed by atoms with Crippen molar-refractivity contribution in [3.05, 3.63) is 52.3 Å². The lowest BCUT2D eigenvalue weighted by Gasteiger charge is -2.27. The SMILES string of the molecule is O=C(Nc1cc(N2CCOCC2)ncn1)c1cccc([N+](=O)[O-])c1. The molecule has 1 N–H and O–H groups in total. The third-order valence-corrected chi connectivity index (χ3v) is 3.55. The number of aromatic nitrogens is 2. The van der Waals surface area contributed by atoms with Gasteiger partial charge in [-0.25, -0.2) is 9.97 Å². The predicted octanol–water partition coefficient (Wildman–Crippen LogP) is 1.47. The second-order valence-electron chi connectivity index (χ2n) is 5.12. The van der Waals surface area contributed by atoms with E-state index in [-0.39, 0.29) is 11.3 Å². The molecule has 9 heteroatoms. The van der Waals surface area contributed by atoms with Gasteiger partial charge in [-0.05, 0) is 6.07 Å². The largest absolute Gasteiger partial charge is 0.378 e. The van der Waals surface area contributed by atoms with Crippen LogP contribution in [0, 0.1) is 10.1 Å². The van der Waals surface area contributed by atoms with Gasteiger partial charge in [-0.1, -0.05) is 6.07 Å². The van der Waals surface area contributed by atoms with Crippen LogP contribution in [0.25, 0.3) is 0 Å². The smallest absolute Gasteiger partial charge is 0.270 e. The monoisotopic (exact) mass is 329 g/mol. The molecule has 24 heavy (non-hydrogen) atoms. The van der Waals surface area contributed by atoms with Gasteiger partial charge < -0.3 is 15.0 Å². The van der Waals surface area contributed by atoms with Crippen LogP contribution >= 0.6 is 0 Å². The number of morpholine rings is 1. The molecule has 1 aliphatic rings. The van der Waals surface area contributed by atoms with Crippen molar-refractivity contribution in [3.63, 3.8) is 0 Å². The van der Waals surface area contributed by atoms with E-state index in [9.17, 15) is 14.9 Å². The first kappa shape index (κ1) is 15.8. The van der Waals surface area contributed by atoms with Gasteiger partial charge >= 0.3 is 0 Å². The zero-order valence-electron chi connectivity index (χ0n) is 12.7. The van der Waals surface area contributed by atoms with E-state index in [1.165, 1.54) is 30.6 Å². The fraction of sp³-hybridized carbons (Fsp3) is 0.267. The Morgan fingerprint density at radius 1 is 1.25 bits per heavy atom. The first-order chi connectivity index (χ1) is 11.6. The van der Waals surface area contributed by atoms with Crippen LogP contribution in [0.2, 0.25) is 0 Å². The van der Waals surface area contributed by atoms with Gasteiger partial charge in [0.2, 0.25) is 0 Å². The standard InChI is InChI=1S/C15H15N5O4/c21-15(11-2-1-3-12(8-11)20(22)23)18-13-9-14(17-10-16-13)19-4-6-24-7-5-19/h1-3,8-10H,4-7H2,(H,16,17,18,21).